The third-order valence-corrected chi connectivity index (χ3v) is 3.90. The summed E-state index contributed by atoms with van der Waals surface area (Å²) in [6.45, 7) is 7.58. The van der Waals surface area contributed by atoms with Gasteiger partial charge < -0.3 is 9.73 Å². The zero-order valence-electron chi connectivity index (χ0n) is 10.7. The lowest BCUT2D eigenvalue weighted by molar-refractivity contribution is 0.408. The second-order valence-electron chi connectivity index (χ2n) is 4.17. The van der Waals surface area contributed by atoms with Crippen LogP contribution >= 0.6 is 11.8 Å². The molecule has 0 amide bonds. The van der Waals surface area contributed by atoms with Gasteiger partial charge in [0.05, 0.1) is 6.04 Å². The van der Waals surface area contributed by atoms with Gasteiger partial charge in [-0.2, -0.15) is 11.8 Å². The molecule has 0 aromatic carbocycles. The molecule has 0 aliphatic heterocycles. The van der Waals surface area contributed by atoms with Crippen LogP contribution in [-0.4, -0.2) is 18.1 Å². The average Bonchev–Trinajstić information content (AvgIpc) is 2.77. The van der Waals surface area contributed by atoms with Gasteiger partial charge in [0.15, 0.2) is 0 Å². The van der Waals surface area contributed by atoms with Crippen molar-refractivity contribution in [3.63, 3.8) is 0 Å². The van der Waals surface area contributed by atoms with E-state index >= 15 is 0 Å². The highest BCUT2D eigenvalue weighted by molar-refractivity contribution is 7.99. The molecule has 0 radical (unpaired) electrons. The molecule has 0 spiro atoms. The van der Waals surface area contributed by atoms with E-state index in [2.05, 4.69) is 44.5 Å². The lowest BCUT2D eigenvalue weighted by Crippen LogP contribution is -2.21. The maximum absolute atomic E-state index is 5.71. The van der Waals surface area contributed by atoms with E-state index in [1.54, 1.807) is 0 Å². The summed E-state index contributed by atoms with van der Waals surface area (Å²) in [4.78, 5) is 0. The van der Waals surface area contributed by atoms with Gasteiger partial charge in [-0.05, 0) is 38.3 Å². The van der Waals surface area contributed by atoms with Gasteiger partial charge in [-0.1, -0.05) is 13.8 Å². The van der Waals surface area contributed by atoms with E-state index in [0.29, 0.717) is 6.04 Å². The molecule has 2 unspecified atom stereocenters. The van der Waals surface area contributed by atoms with E-state index < -0.39 is 0 Å². The molecular formula is C13H23NOS. The Kier molecular flexibility index (Phi) is 5.99. The van der Waals surface area contributed by atoms with Crippen LogP contribution in [0.25, 0.3) is 0 Å². The molecule has 2 atom stereocenters. The van der Waals surface area contributed by atoms with Crippen LogP contribution in [0.4, 0.5) is 0 Å². The average molecular weight is 241 g/mol. The van der Waals surface area contributed by atoms with E-state index in [1.807, 2.05) is 11.8 Å². The topological polar surface area (TPSA) is 25.2 Å². The summed E-state index contributed by atoms with van der Waals surface area (Å²) < 4.78 is 5.71. The molecule has 1 heterocycles. The van der Waals surface area contributed by atoms with Crippen molar-refractivity contribution >= 4 is 11.8 Å². The highest BCUT2D eigenvalue weighted by Crippen LogP contribution is 2.17. The Morgan fingerprint density at radius 2 is 2.12 bits per heavy atom. The molecule has 0 saturated carbocycles. The van der Waals surface area contributed by atoms with Crippen molar-refractivity contribution in [1.82, 2.24) is 5.32 Å². The van der Waals surface area contributed by atoms with Crippen molar-refractivity contribution < 1.29 is 4.42 Å². The van der Waals surface area contributed by atoms with Crippen molar-refractivity contribution in [2.24, 2.45) is 0 Å². The number of rotatable bonds is 7. The molecule has 0 saturated heterocycles. The quantitative estimate of drug-likeness (QED) is 0.789. The van der Waals surface area contributed by atoms with Crippen molar-refractivity contribution in [2.45, 2.75) is 44.9 Å². The van der Waals surface area contributed by atoms with Crippen molar-refractivity contribution in [3.05, 3.63) is 23.7 Å². The van der Waals surface area contributed by atoms with Crippen molar-refractivity contribution in [2.75, 3.05) is 12.8 Å². The lowest BCUT2D eigenvalue weighted by atomic mass is 10.2. The Morgan fingerprint density at radius 1 is 1.38 bits per heavy atom. The van der Waals surface area contributed by atoms with E-state index in [-0.39, 0.29) is 0 Å². The molecule has 0 fully saturated rings. The lowest BCUT2D eigenvalue weighted by Gasteiger charge is -2.13. The molecule has 0 aliphatic rings. The van der Waals surface area contributed by atoms with Crippen LogP contribution in [-0.2, 0) is 6.42 Å². The van der Waals surface area contributed by atoms with Gasteiger partial charge >= 0.3 is 0 Å². The number of furan rings is 1. The molecule has 1 rings (SSSR count). The summed E-state index contributed by atoms with van der Waals surface area (Å²) >= 11 is 1.92. The van der Waals surface area contributed by atoms with Crippen LogP contribution in [0, 0.1) is 0 Å². The molecule has 2 nitrogen and oxygen atoms in total. The van der Waals surface area contributed by atoms with E-state index in [1.165, 1.54) is 6.42 Å². The first-order valence-corrected chi connectivity index (χ1v) is 7.31. The van der Waals surface area contributed by atoms with E-state index in [9.17, 15) is 0 Å². The Morgan fingerprint density at radius 3 is 2.69 bits per heavy atom. The van der Waals surface area contributed by atoms with Gasteiger partial charge in [-0.3, -0.25) is 0 Å². The fourth-order valence-corrected chi connectivity index (χ4v) is 1.89. The smallest absolute Gasteiger partial charge is 0.120 e. The molecule has 16 heavy (non-hydrogen) atoms. The highest BCUT2D eigenvalue weighted by Gasteiger charge is 2.09. The van der Waals surface area contributed by atoms with Gasteiger partial charge in [0.25, 0.3) is 0 Å². The Bertz CT molecular complexity index is 298. The molecule has 92 valence electrons. The third kappa shape index (κ3) is 4.22. The number of hydrogen-bond acceptors (Lipinski definition) is 3. The highest BCUT2D eigenvalue weighted by atomic mass is 32.2. The zero-order chi connectivity index (χ0) is 12.0. The zero-order valence-corrected chi connectivity index (χ0v) is 11.6. The van der Waals surface area contributed by atoms with Crippen LogP contribution < -0.4 is 5.32 Å². The first-order chi connectivity index (χ1) is 7.67. The molecule has 1 aromatic rings. The van der Waals surface area contributed by atoms with Crippen molar-refractivity contribution in [1.29, 1.82) is 0 Å². The second-order valence-corrected chi connectivity index (χ2v) is 5.44. The Labute approximate surface area is 103 Å². The molecule has 0 aliphatic carbocycles. The normalized spacial score (nSPS) is 15.0. The standard InChI is InChI=1S/C13H23NOS/c1-5-12-6-7-13(15-12)11(3)14-9-8-10(2)16-4/h6-7,10-11,14H,5,8-9H2,1-4H3. The van der Waals surface area contributed by atoms with Crippen LogP contribution in [0.5, 0.6) is 0 Å². The van der Waals surface area contributed by atoms with E-state index in [0.717, 1.165) is 29.7 Å². The molecule has 1 aromatic heterocycles. The number of hydrogen-bond donors (Lipinski definition) is 1. The van der Waals surface area contributed by atoms with Crippen LogP contribution in [0.3, 0.4) is 0 Å². The van der Waals surface area contributed by atoms with Gasteiger partial charge in [-0.15, -0.1) is 0 Å². The summed E-state index contributed by atoms with van der Waals surface area (Å²) in [6.07, 6.45) is 4.33. The summed E-state index contributed by atoms with van der Waals surface area (Å²) in [5, 5.41) is 4.22. The second kappa shape index (κ2) is 7.02. The molecule has 1 N–H and O–H groups in total. The summed E-state index contributed by atoms with van der Waals surface area (Å²) in [5.41, 5.74) is 0. The first kappa shape index (κ1) is 13.7. The maximum Gasteiger partial charge on any atom is 0.120 e. The Balaban J connectivity index is 2.31. The van der Waals surface area contributed by atoms with Gasteiger partial charge in [0.2, 0.25) is 0 Å². The Hall–Kier alpha value is -0.410. The maximum atomic E-state index is 5.71. The SMILES string of the molecule is CCc1ccc(C(C)NCCC(C)SC)o1. The number of thioether (sulfide) groups is 1. The summed E-state index contributed by atoms with van der Waals surface area (Å²) in [5.74, 6) is 2.12. The minimum absolute atomic E-state index is 0.314. The van der Waals surface area contributed by atoms with Gasteiger partial charge in [-0.25, -0.2) is 0 Å². The summed E-state index contributed by atoms with van der Waals surface area (Å²) in [6, 6.07) is 4.46. The van der Waals surface area contributed by atoms with Gasteiger partial charge in [0.1, 0.15) is 11.5 Å². The van der Waals surface area contributed by atoms with Crippen molar-refractivity contribution in [3.8, 4) is 0 Å². The third-order valence-electron chi connectivity index (χ3n) is 2.86. The number of aryl methyl sites for hydroxylation is 1. The minimum Gasteiger partial charge on any atom is -0.464 e. The predicted molar refractivity (Wildman–Crippen MR) is 72.1 cm³/mol. The fraction of sp³-hybridized carbons (Fsp3) is 0.692. The largest absolute Gasteiger partial charge is 0.464 e. The monoisotopic (exact) mass is 241 g/mol. The summed E-state index contributed by atoms with van der Waals surface area (Å²) in [7, 11) is 0. The van der Waals surface area contributed by atoms with Crippen LogP contribution in [0.15, 0.2) is 16.5 Å². The minimum atomic E-state index is 0.314. The van der Waals surface area contributed by atoms with Crippen LogP contribution in [0.2, 0.25) is 0 Å². The molecule has 0 bridgehead atoms. The predicted octanol–water partition coefficient (Wildman–Crippen LogP) is 3.63. The van der Waals surface area contributed by atoms with E-state index in [4.69, 9.17) is 4.42 Å². The molecular weight excluding hydrogens is 218 g/mol. The molecule has 3 heteroatoms. The van der Waals surface area contributed by atoms with Crippen LogP contribution in [0.1, 0.15) is 44.8 Å². The number of nitrogens with one attached hydrogen (secondary N) is 1. The first-order valence-electron chi connectivity index (χ1n) is 6.02. The van der Waals surface area contributed by atoms with Gasteiger partial charge in [0, 0.05) is 11.7 Å². The fourth-order valence-electron chi connectivity index (χ4n) is 1.54.